The van der Waals surface area contributed by atoms with Gasteiger partial charge in [-0.2, -0.15) is 5.10 Å². The fraction of sp³-hybridized carbons (Fsp3) is 0.500. The topological polar surface area (TPSA) is 96.9 Å². The molecule has 1 atom stereocenters. The minimum absolute atomic E-state index is 0.0783. The third kappa shape index (κ3) is 3.77. The molecule has 0 aromatic heterocycles. The smallest absolute Gasteiger partial charge is 0.374 e. The van der Waals surface area contributed by atoms with Gasteiger partial charge in [0.15, 0.2) is 5.11 Å². The van der Waals surface area contributed by atoms with Crippen LogP contribution in [0.4, 0.5) is 0 Å². The van der Waals surface area contributed by atoms with E-state index >= 15 is 0 Å². The van der Waals surface area contributed by atoms with Crippen LogP contribution in [-0.4, -0.2) is 22.6 Å². The van der Waals surface area contributed by atoms with Crippen molar-refractivity contribution in [2.24, 2.45) is 10.8 Å². The predicted molar refractivity (Wildman–Crippen MR) is 49.9 cm³/mol. The van der Waals surface area contributed by atoms with Crippen LogP contribution in [-0.2, 0) is 9.09 Å². The Hall–Kier alpha value is -0.490. The molecule has 12 heavy (non-hydrogen) atoms. The number of hydrazone groups is 1. The maximum absolute atomic E-state index is 11.0. The minimum Gasteiger partial charge on any atom is -0.375 e. The SMILES string of the molecule is COP(=O)(O)/C(C)=N/NC(N)=S. The van der Waals surface area contributed by atoms with Crippen LogP contribution in [0.3, 0.4) is 0 Å². The van der Waals surface area contributed by atoms with E-state index in [1.807, 2.05) is 0 Å². The first-order valence-corrected chi connectivity index (χ1v) is 4.87. The Balaban J connectivity index is 4.37. The average molecular weight is 211 g/mol. The Morgan fingerprint density at radius 3 is 2.67 bits per heavy atom. The summed E-state index contributed by atoms with van der Waals surface area (Å²) in [5.74, 6) is 0. The Bertz CT molecular complexity index is 254. The van der Waals surface area contributed by atoms with Crippen molar-refractivity contribution in [2.45, 2.75) is 6.92 Å². The highest BCUT2D eigenvalue weighted by Crippen LogP contribution is 2.41. The maximum atomic E-state index is 11.0. The molecular formula is C4H10N3O3PS. The Morgan fingerprint density at radius 2 is 2.33 bits per heavy atom. The van der Waals surface area contributed by atoms with Crippen molar-refractivity contribution < 1.29 is 14.0 Å². The number of nitrogens with one attached hydrogen (secondary N) is 1. The summed E-state index contributed by atoms with van der Waals surface area (Å²) >= 11 is 4.42. The van der Waals surface area contributed by atoms with Crippen LogP contribution in [0, 0.1) is 0 Å². The Kier molecular flexibility index (Phi) is 4.33. The van der Waals surface area contributed by atoms with Crippen molar-refractivity contribution in [3.8, 4) is 0 Å². The summed E-state index contributed by atoms with van der Waals surface area (Å²) in [5.41, 5.74) is 7.10. The van der Waals surface area contributed by atoms with Gasteiger partial charge < -0.3 is 15.2 Å². The molecule has 0 heterocycles. The van der Waals surface area contributed by atoms with Crippen LogP contribution in [0.15, 0.2) is 5.10 Å². The quantitative estimate of drug-likeness (QED) is 0.263. The monoisotopic (exact) mass is 211 g/mol. The second kappa shape index (κ2) is 4.51. The van der Waals surface area contributed by atoms with Crippen molar-refractivity contribution in [1.82, 2.24) is 5.43 Å². The highest BCUT2D eigenvalue weighted by Gasteiger charge is 2.21. The first-order chi connectivity index (χ1) is 5.40. The second-order valence-corrected chi connectivity index (χ2v) is 4.33. The summed E-state index contributed by atoms with van der Waals surface area (Å²) in [6.45, 7) is 1.33. The first kappa shape index (κ1) is 11.5. The van der Waals surface area contributed by atoms with Crippen LogP contribution in [0.1, 0.15) is 6.92 Å². The van der Waals surface area contributed by atoms with Crippen LogP contribution < -0.4 is 11.2 Å². The lowest BCUT2D eigenvalue weighted by Crippen LogP contribution is -2.25. The van der Waals surface area contributed by atoms with Crippen molar-refractivity contribution in [1.29, 1.82) is 0 Å². The van der Waals surface area contributed by atoms with E-state index in [0.29, 0.717) is 0 Å². The molecule has 0 radical (unpaired) electrons. The highest BCUT2D eigenvalue weighted by molar-refractivity contribution is 7.80. The molecule has 0 rings (SSSR count). The molecule has 4 N–H and O–H groups in total. The van der Waals surface area contributed by atoms with Gasteiger partial charge in [-0.1, -0.05) is 0 Å². The fourth-order valence-electron chi connectivity index (χ4n) is 0.331. The zero-order valence-electron chi connectivity index (χ0n) is 6.64. The number of hydrogen-bond acceptors (Lipinski definition) is 4. The molecular weight excluding hydrogens is 201 g/mol. The van der Waals surface area contributed by atoms with Gasteiger partial charge in [-0.05, 0) is 19.1 Å². The lowest BCUT2D eigenvalue weighted by atomic mass is 10.9. The summed E-state index contributed by atoms with van der Waals surface area (Å²) in [5, 5.41) is 3.35. The molecule has 6 nitrogen and oxygen atoms in total. The van der Waals surface area contributed by atoms with E-state index in [9.17, 15) is 4.57 Å². The number of hydrogen-bond donors (Lipinski definition) is 3. The van der Waals surface area contributed by atoms with Gasteiger partial charge in [0.1, 0.15) is 5.45 Å². The normalized spacial score (nSPS) is 16.8. The van der Waals surface area contributed by atoms with Gasteiger partial charge in [0.25, 0.3) is 0 Å². The minimum atomic E-state index is -3.75. The van der Waals surface area contributed by atoms with Gasteiger partial charge in [-0.25, -0.2) is 0 Å². The molecule has 0 saturated heterocycles. The standard InChI is InChI=1S/C4H10N3O3PS/c1-3(6-7-4(5)12)11(8,9)10-2/h1-2H3,(H,8,9)(H3,5,7,12)/b6-3+. The molecule has 0 bridgehead atoms. The lowest BCUT2D eigenvalue weighted by Gasteiger charge is -2.07. The van der Waals surface area contributed by atoms with E-state index in [0.717, 1.165) is 7.11 Å². The molecule has 1 unspecified atom stereocenters. The van der Waals surface area contributed by atoms with Crippen molar-refractivity contribution >= 4 is 30.4 Å². The molecule has 0 aliphatic carbocycles. The fourth-order valence-corrected chi connectivity index (χ4v) is 0.818. The zero-order valence-corrected chi connectivity index (χ0v) is 8.35. The summed E-state index contributed by atoms with van der Waals surface area (Å²) in [6, 6.07) is 0. The number of nitrogens with two attached hydrogens (primary N) is 1. The highest BCUT2D eigenvalue weighted by atomic mass is 32.1. The predicted octanol–water partition coefficient (Wildman–Crippen LogP) is -0.0152. The molecule has 0 aliphatic rings. The first-order valence-electron chi connectivity index (χ1n) is 2.89. The summed E-state index contributed by atoms with van der Waals surface area (Å²) < 4.78 is 15.3. The van der Waals surface area contributed by atoms with Crippen LogP contribution >= 0.6 is 19.8 Å². The molecule has 0 aromatic rings. The van der Waals surface area contributed by atoms with Crippen LogP contribution in [0.25, 0.3) is 0 Å². The van der Waals surface area contributed by atoms with E-state index in [2.05, 4.69) is 27.3 Å². The third-order valence-electron chi connectivity index (χ3n) is 0.984. The van der Waals surface area contributed by atoms with Gasteiger partial charge in [-0.3, -0.25) is 9.99 Å². The molecule has 0 aromatic carbocycles. The summed E-state index contributed by atoms with van der Waals surface area (Å²) in [4.78, 5) is 8.98. The van der Waals surface area contributed by atoms with Gasteiger partial charge in [0.05, 0.1) is 0 Å². The molecule has 0 aliphatic heterocycles. The van der Waals surface area contributed by atoms with Gasteiger partial charge in [-0.15, -0.1) is 0 Å². The summed E-state index contributed by atoms with van der Waals surface area (Å²) in [7, 11) is -2.64. The Morgan fingerprint density at radius 1 is 1.83 bits per heavy atom. The maximum Gasteiger partial charge on any atom is 0.374 e. The number of rotatable bonds is 3. The van der Waals surface area contributed by atoms with E-state index in [1.54, 1.807) is 0 Å². The van der Waals surface area contributed by atoms with Crippen LogP contribution in [0.5, 0.6) is 0 Å². The molecule has 0 saturated carbocycles. The Labute approximate surface area is 75.3 Å². The van der Waals surface area contributed by atoms with Gasteiger partial charge in [0, 0.05) is 7.11 Å². The van der Waals surface area contributed by atoms with Gasteiger partial charge >= 0.3 is 7.60 Å². The van der Waals surface area contributed by atoms with Crippen molar-refractivity contribution in [3.63, 3.8) is 0 Å². The third-order valence-corrected chi connectivity index (χ3v) is 2.49. The van der Waals surface area contributed by atoms with E-state index in [1.165, 1.54) is 6.92 Å². The summed E-state index contributed by atoms with van der Waals surface area (Å²) in [6.07, 6.45) is 0. The number of nitrogens with zero attached hydrogens (tertiary/aromatic N) is 1. The van der Waals surface area contributed by atoms with Gasteiger partial charge in [0.2, 0.25) is 0 Å². The van der Waals surface area contributed by atoms with E-state index in [4.69, 9.17) is 10.6 Å². The van der Waals surface area contributed by atoms with Crippen LogP contribution in [0.2, 0.25) is 0 Å². The lowest BCUT2D eigenvalue weighted by molar-refractivity contribution is 0.330. The number of thiocarbonyl (C=S) groups is 1. The zero-order chi connectivity index (χ0) is 9.78. The second-order valence-electron chi connectivity index (χ2n) is 1.84. The molecule has 70 valence electrons. The van der Waals surface area contributed by atoms with Crippen molar-refractivity contribution in [2.75, 3.05) is 7.11 Å². The largest absolute Gasteiger partial charge is 0.375 e. The molecule has 0 fully saturated rings. The molecule has 0 spiro atoms. The average Bonchev–Trinajstić information content (AvgIpc) is 2.00. The molecule has 8 heteroatoms. The van der Waals surface area contributed by atoms with E-state index in [-0.39, 0.29) is 10.6 Å². The van der Waals surface area contributed by atoms with E-state index < -0.39 is 7.60 Å². The molecule has 0 amide bonds. The van der Waals surface area contributed by atoms with Crippen molar-refractivity contribution in [3.05, 3.63) is 0 Å².